The van der Waals surface area contributed by atoms with E-state index < -0.39 is 4.92 Å². The van der Waals surface area contributed by atoms with Crippen molar-refractivity contribution in [2.45, 2.75) is 37.8 Å². The summed E-state index contributed by atoms with van der Waals surface area (Å²) in [7, 11) is 3.46. The molecule has 110 valence electrons. The minimum Gasteiger partial charge on any atom is -0.481 e. The third kappa shape index (κ3) is 3.36. The van der Waals surface area contributed by atoms with Gasteiger partial charge in [0.15, 0.2) is 0 Å². The lowest BCUT2D eigenvalue weighted by atomic mass is 9.91. The van der Waals surface area contributed by atoms with E-state index in [1.54, 1.807) is 0 Å². The zero-order valence-corrected chi connectivity index (χ0v) is 11.8. The maximum atomic E-state index is 11.0. The van der Waals surface area contributed by atoms with E-state index >= 15 is 0 Å². The van der Waals surface area contributed by atoms with Crippen LogP contribution in [0.5, 0.6) is 5.88 Å². The van der Waals surface area contributed by atoms with Crippen LogP contribution in [0.25, 0.3) is 0 Å². The zero-order chi connectivity index (χ0) is 14.5. The molecule has 1 aliphatic carbocycles. The van der Waals surface area contributed by atoms with Crippen molar-refractivity contribution < 1.29 is 9.66 Å². The van der Waals surface area contributed by atoms with Crippen molar-refractivity contribution in [2.75, 3.05) is 19.5 Å². The van der Waals surface area contributed by atoms with Crippen molar-refractivity contribution in [2.24, 2.45) is 0 Å². The van der Waals surface area contributed by atoms with Crippen molar-refractivity contribution >= 4 is 11.5 Å². The molecule has 1 aromatic heterocycles. The van der Waals surface area contributed by atoms with Gasteiger partial charge in [-0.3, -0.25) is 10.1 Å². The van der Waals surface area contributed by atoms with E-state index in [-0.39, 0.29) is 11.7 Å². The fourth-order valence-electron chi connectivity index (χ4n) is 2.52. The first-order valence-corrected chi connectivity index (χ1v) is 6.77. The minimum atomic E-state index is -0.423. The van der Waals surface area contributed by atoms with Gasteiger partial charge < -0.3 is 15.4 Å². The number of hydrogen-bond donors (Lipinski definition) is 2. The van der Waals surface area contributed by atoms with Crippen LogP contribution in [0.2, 0.25) is 0 Å². The molecule has 20 heavy (non-hydrogen) atoms. The van der Waals surface area contributed by atoms with E-state index in [1.807, 2.05) is 7.05 Å². The summed E-state index contributed by atoms with van der Waals surface area (Å²) in [5.74, 6) is 0.671. The van der Waals surface area contributed by atoms with Crippen molar-refractivity contribution in [3.63, 3.8) is 0 Å². The van der Waals surface area contributed by atoms with Gasteiger partial charge in [0.1, 0.15) is 0 Å². The quantitative estimate of drug-likeness (QED) is 0.633. The summed E-state index contributed by atoms with van der Waals surface area (Å²) in [6, 6.07) is 3.69. The summed E-state index contributed by atoms with van der Waals surface area (Å²) in [5.41, 5.74) is -0.0125. The monoisotopic (exact) mass is 280 g/mol. The molecular formula is C13H20N4O3. The van der Waals surface area contributed by atoms with Gasteiger partial charge in [0, 0.05) is 24.2 Å². The van der Waals surface area contributed by atoms with E-state index in [9.17, 15) is 10.1 Å². The van der Waals surface area contributed by atoms with Gasteiger partial charge in [0.25, 0.3) is 0 Å². The van der Waals surface area contributed by atoms with Gasteiger partial charge in [0.2, 0.25) is 11.7 Å². The topological polar surface area (TPSA) is 89.3 Å². The van der Waals surface area contributed by atoms with Crippen LogP contribution in [0.1, 0.15) is 25.7 Å². The third-order valence-corrected chi connectivity index (χ3v) is 3.73. The highest BCUT2D eigenvalue weighted by atomic mass is 16.6. The smallest absolute Gasteiger partial charge is 0.311 e. The lowest BCUT2D eigenvalue weighted by Gasteiger charge is -2.29. The summed E-state index contributed by atoms with van der Waals surface area (Å²) in [6.45, 7) is 0. The Morgan fingerprint density at radius 3 is 2.50 bits per heavy atom. The molecule has 1 aromatic rings. The van der Waals surface area contributed by atoms with Crippen LogP contribution in [0.4, 0.5) is 11.5 Å². The second-order valence-electron chi connectivity index (χ2n) is 4.96. The van der Waals surface area contributed by atoms with Crippen molar-refractivity contribution in [1.29, 1.82) is 0 Å². The SMILES string of the molecule is CNC1CCC(Nc2nc(OC)ccc2[N+](=O)[O-])CC1. The average Bonchev–Trinajstić information content (AvgIpc) is 2.47. The molecule has 1 aliphatic rings. The molecule has 0 atom stereocenters. The number of anilines is 1. The van der Waals surface area contributed by atoms with Gasteiger partial charge in [-0.1, -0.05) is 0 Å². The molecule has 0 aliphatic heterocycles. The maximum Gasteiger partial charge on any atom is 0.311 e. The molecule has 0 spiro atoms. The van der Waals surface area contributed by atoms with Crippen LogP contribution in [-0.2, 0) is 0 Å². The molecule has 7 heteroatoms. The Balaban J connectivity index is 2.09. The molecule has 7 nitrogen and oxygen atoms in total. The molecule has 0 aromatic carbocycles. The molecule has 2 N–H and O–H groups in total. The highest BCUT2D eigenvalue weighted by Gasteiger charge is 2.24. The number of nitrogens with zero attached hydrogens (tertiary/aromatic N) is 2. The van der Waals surface area contributed by atoms with Crippen LogP contribution in [0.3, 0.4) is 0 Å². The molecule has 0 saturated heterocycles. The predicted molar refractivity (Wildman–Crippen MR) is 76.2 cm³/mol. The van der Waals surface area contributed by atoms with E-state index in [0.717, 1.165) is 25.7 Å². The molecule has 0 amide bonds. The van der Waals surface area contributed by atoms with E-state index in [4.69, 9.17) is 4.74 Å². The predicted octanol–water partition coefficient (Wildman–Crippen LogP) is 1.94. The first-order chi connectivity index (χ1) is 9.63. The summed E-state index contributed by atoms with van der Waals surface area (Å²) in [5, 5.41) is 17.5. The van der Waals surface area contributed by atoms with E-state index in [2.05, 4.69) is 15.6 Å². The first kappa shape index (κ1) is 14.5. The largest absolute Gasteiger partial charge is 0.481 e. The van der Waals surface area contributed by atoms with E-state index in [0.29, 0.717) is 17.7 Å². The molecule has 0 radical (unpaired) electrons. The summed E-state index contributed by atoms with van der Waals surface area (Å²) >= 11 is 0. The Morgan fingerprint density at radius 2 is 1.95 bits per heavy atom. The number of hydrogen-bond acceptors (Lipinski definition) is 6. The standard InChI is InChI=1S/C13H20N4O3/c1-14-9-3-5-10(6-4-9)15-13-11(17(18)19)7-8-12(16-13)20-2/h7-10,14H,3-6H2,1-2H3,(H,15,16). The lowest BCUT2D eigenvalue weighted by Crippen LogP contribution is -2.35. The third-order valence-electron chi connectivity index (χ3n) is 3.73. The molecule has 0 bridgehead atoms. The second kappa shape index (κ2) is 6.51. The van der Waals surface area contributed by atoms with E-state index in [1.165, 1.54) is 19.2 Å². The van der Waals surface area contributed by atoms with Gasteiger partial charge in [-0.15, -0.1) is 0 Å². The van der Waals surface area contributed by atoms with Crippen molar-refractivity contribution in [1.82, 2.24) is 10.3 Å². The molecule has 1 fully saturated rings. The number of methoxy groups -OCH3 is 1. The Hall–Kier alpha value is -1.89. The molecule has 1 heterocycles. The summed E-state index contributed by atoms with van der Waals surface area (Å²) < 4.78 is 5.03. The normalized spacial score (nSPS) is 22.3. The average molecular weight is 280 g/mol. The highest BCUT2D eigenvalue weighted by Crippen LogP contribution is 2.28. The number of nitrogens with one attached hydrogen (secondary N) is 2. The highest BCUT2D eigenvalue weighted by molar-refractivity contribution is 5.57. The fourth-order valence-corrected chi connectivity index (χ4v) is 2.52. The number of ether oxygens (including phenoxy) is 1. The van der Waals surface area contributed by atoms with Crippen LogP contribution < -0.4 is 15.4 Å². The van der Waals surface area contributed by atoms with Crippen LogP contribution in [0, 0.1) is 10.1 Å². The Kier molecular flexibility index (Phi) is 4.73. The van der Waals surface area contributed by atoms with Crippen LogP contribution in [0.15, 0.2) is 12.1 Å². The minimum absolute atomic E-state index is 0.0125. The fraction of sp³-hybridized carbons (Fsp3) is 0.615. The molecular weight excluding hydrogens is 260 g/mol. The number of rotatable bonds is 5. The van der Waals surface area contributed by atoms with Crippen molar-refractivity contribution in [3.8, 4) is 5.88 Å². The van der Waals surface area contributed by atoms with Crippen molar-refractivity contribution in [3.05, 3.63) is 22.2 Å². The number of aromatic nitrogens is 1. The van der Waals surface area contributed by atoms with Gasteiger partial charge in [-0.2, -0.15) is 4.98 Å². The van der Waals surface area contributed by atoms with Gasteiger partial charge in [-0.05, 0) is 32.7 Å². The first-order valence-electron chi connectivity index (χ1n) is 6.77. The summed E-state index contributed by atoms with van der Waals surface area (Å²) in [6.07, 6.45) is 4.07. The van der Waals surface area contributed by atoms with Gasteiger partial charge in [0.05, 0.1) is 12.0 Å². The molecule has 2 rings (SSSR count). The second-order valence-corrected chi connectivity index (χ2v) is 4.96. The van der Waals surface area contributed by atoms with Gasteiger partial charge in [-0.25, -0.2) is 0 Å². The number of pyridine rings is 1. The van der Waals surface area contributed by atoms with Gasteiger partial charge >= 0.3 is 5.69 Å². The Bertz CT molecular complexity index is 473. The summed E-state index contributed by atoms with van der Waals surface area (Å²) in [4.78, 5) is 14.8. The lowest BCUT2D eigenvalue weighted by molar-refractivity contribution is -0.384. The van der Waals surface area contributed by atoms with Crippen LogP contribution in [-0.4, -0.2) is 36.1 Å². The maximum absolute atomic E-state index is 11.0. The Labute approximate surface area is 117 Å². The van der Waals surface area contributed by atoms with Crippen LogP contribution >= 0.6 is 0 Å². The molecule has 1 saturated carbocycles. The Morgan fingerprint density at radius 1 is 1.30 bits per heavy atom. The molecule has 0 unspecified atom stereocenters. The number of nitro groups is 1. The zero-order valence-electron chi connectivity index (χ0n) is 11.8.